The highest BCUT2D eigenvalue weighted by atomic mass is 16.1. The van der Waals surface area contributed by atoms with E-state index in [4.69, 9.17) is 5.73 Å². The number of allylic oxidation sites excluding steroid dienone is 1. The van der Waals surface area contributed by atoms with Crippen molar-refractivity contribution in [1.29, 1.82) is 0 Å². The maximum absolute atomic E-state index is 12.2. The molecule has 2 nitrogen and oxygen atoms in total. The van der Waals surface area contributed by atoms with Crippen LogP contribution in [0.1, 0.15) is 43.2 Å². The van der Waals surface area contributed by atoms with Crippen molar-refractivity contribution in [3.05, 3.63) is 41.0 Å². The molecule has 1 aromatic carbocycles. The van der Waals surface area contributed by atoms with Crippen LogP contribution in [-0.2, 0) is 4.79 Å². The Hall–Kier alpha value is -1.57. The molecule has 5 rings (SSSR count). The van der Waals surface area contributed by atoms with Crippen LogP contribution in [-0.4, -0.2) is 5.91 Å². The highest BCUT2D eigenvalue weighted by Gasteiger charge is 2.46. The van der Waals surface area contributed by atoms with Crippen LogP contribution in [0.4, 0.5) is 0 Å². The van der Waals surface area contributed by atoms with Crippen LogP contribution >= 0.6 is 0 Å². The van der Waals surface area contributed by atoms with Crippen molar-refractivity contribution < 1.29 is 4.79 Å². The van der Waals surface area contributed by atoms with Gasteiger partial charge in [-0.2, -0.15) is 0 Å². The minimum Gasteiger partial charge on any atom is -0.366 e. The van der Waals surface area contributed by atoms with Gasteiger partial charge in [-0.05, 0) is 73.8 Å². The molecule has 4 fully saturated rings. The van der Waals surface area contributed by atoms with E-state index in [0.717, 1.165) is 28.5 Å². The quantitative estimate of drug-likeness (QED) is 0.825. The minimum atomic E-state index is -0.230. The second-order valence-electron chi connectivity index (χ2n) is 7.31. The molecular weight excluding hydrogens is 258 g/mol. The molecule has 0 unspecified atom stereocenters. The zero-order chi connectivity index (χ0) is 14.6. The molecule has 0 radical (unpaired) electrons. The Morgan fingerprint density at radius 1 is 1.00 bits per heavy atom. The van der Waals surface area contributed by atoms with Crippen LogP contribution in [0.25, 0.3) is 5.57 Å². The summed E-state index contributed by atoms with van der Waals surface area (Å²) in [7, 11) is 0. The molecule has 2 heteroatoms. The van der Waals surface area contributed by atoms with Crippen LogP contribution in [0, 0.1) is 30.6 Å². The molecule has 4 saturated carbocycles. The monoisotopic (exact) mass is 281 g/mol. The first-order valence-corrected chi connectivity index (χ1v) is 8.23. The molecule has 0 heterocycles. The fourth-order valence-corrected chi connectivity index (χ4v) is 5.38. The van der Waals surface area contributed by atoms with Crippen LogP contribution in [0.3, 0.4) is 0 Å². The normalized spacial score (nSPS) is 33.3. The van der Waals surface area contributed by atoms with Gasteiger partial charge in [0.1, 0.15) is 0 Å². The first-order valence-electron chi connectivity index (χ1n) is 8.23. The summed E-state index contributed by atoms with van der Waals surface area (Å²) in [4.78, 5) is 12.2. The highest BCUT2D eigenvalue weighted by molar-refractivity contribution is 6.20. The van der Waals surface area contributed by atoms with Gasteiger partial charge in [0.25, 0.3) is 0 Å². The Labute approximate surface area is 126 Å². The van der Waals surface area contributed by atoms with E-state index in [2.05, 4.69) is 19.1 Å². The zero-order valence-corrected chi connectivity index (χ0v) is 12.6. The predicted molar refractivity (Wildman–Crippen MR) is 84.3 cm³/mol. The Balaban J connectivity index is 1.87. The van der Waals surface area contributed by atoms with Crippen molar-refractivity contribution in [2.45, 2.75) is 39.0 Å². The molecule has 0 aliphatic heterocycles. The molecule has 0 spiro atoms. The number of carbonyl (C=O) groups excluding carboxylic acids is 1. The van der Waals surface area contributed by atoms with Gasteiger partial charge in [-0.1, -0.05) is 29.8 Å². The van der Waals surface area contributed by atoms with Gasteiger partial charge in [-0.3, -0.25) is 4.79 Å². The summed E-state index contributed by atoms with van der Waals surface area (Å²) in [6, 6.07) is 8.18. The van der Waals surface area contributed by atoms with Gasteiger partial charge < -0.3 is 5.73 Å². The second kappa shape index (κ2) is 4.72. The average Bonchev–Trinajstić information content (AvgIpc) is 2.43. The summed E-state index contributed by atoms with van der Waals surface area (Å²) >= 11 is 0. The molecule has 1 aromatic rings. The van der Waals surface area contributed by atoms with Crippen molar-refractivity contribution in [2.75, 3.05) is 0 Å². The number of hydrogen-bond donors (Lipinski definition) is 1. The Kier molecular flexibility index (Phi) is 2.95. The molecule has 2 N–H and O–H groups in total. The van der Waals surface area contributed by atoms with Crippen molar-refractivity contribution in [3.63, 3.8) is 0 Å². The molecule has 0 atom stereocenters. The summed E-state index contributed by atoms with van der Waals surface area (Å²) in [6.07, 6.45) is 6.56. The molecule has 4 bridgehead atoms. The van der Waals surface area contributed by atoms with Crippen LogP contribution in [0.2, 0.25) is 0 Å². The lowest BCUT2D eigenvalue weighted by molar-refractivity contribution is -0.112. The van der Waals surface area contributed by atoms with E-state index in [9.17, 15) is 4.79 Å². The van der Waals surface area contributed by atoms with Crippen LogP contribution in [0.15, 0.2) is 29.8 Å². The molecule has 4 aliphatic rings. The van der Waals surface area contributed by atoms with Gasteiger partial charge in [0.15, 0.2) is 0 Å². The summed E-state index contributed by atoms with van der Waals surface area (Å²) in [5.41, 5.74) is 10.3. The Morgan fingerprint density at radius 2 is 1.57 bits per heavy atom. The topological polar surface area (TPSA) is 43.1 Å². The van der Waals surface area contributed by atoms with E-state index in [1.54, 1.807) is 0 Å². The van der Waals surface area contributed by atoms with Crippen molar-refractivity contribution in [3.8, 4) is 0 Å². The third-order valence-electron chi connectivity index (χ3n) is 5.97. The predicted octanol–water partition coefficient (Wildman–Crippen LogP) is 3.69. The maximum Gasteiger partial charge on any atom is 0.249 e. The lowest BCUT2D eigenvalue weighted by Gasteiger charge is -2.52. The number of rotatable bonds is 2. The lowest BCUT2D eigenvalue weighted by atomic mass is 9.53. The SMILES string of the molecule is Cc1ccccc1C(C(N)=O)=C1C2CC3CC(C2)CC1C3. The Morgan fingerprint density at radius 3 is 2.10 bits per heavy atom. The number of primary amides is 1. The third kappa shape index (κ3) is 2.04. The van der Waals surface area contributed by atoms with E-state index in [-0.39, 0.29) is 5.91 Å². The minimum absolute atomic E-state index is 0.230. The standard InChI is InChI=1S/C19H23NO/c1-11-4-2-3-5-16(11)18(19(20)21)17-14-7-12-6-13(9-14)10-15(17)8-12/h2-5,12-15H,6-10H2,1H3,(H2,20,21). The van der Waals surface area contributed by atoms with Gasteiger partial charge in [0.2, 0.25) is 5.91 Å². The zero-order valence-electron chi connectivity index (χ0n) is 12.6. The van der Waals surface area contributed by atoms with Gasteiger partial charge in [0, 0.05) is 5.57 Å². The van der Waals surface area contributed by atoms with Gasteiger partial charge in [-0.25, -0.2) is 0 Å². The highest BCUT2D eigenvalue weighted by Crippen LogP contribution is 2.57. The number of carbonyl (C=O) groups is 1. The maximum atomic E-state index is 12.2. The van der Waals surface area contributed by atoms with E-state index < -0.39 is 0 Å². The molecule has 21 heavy (non-hydrogen) atoms. The fourth-order valence-electron chi connectivity index (χ4n) is 5.38. The van der Waals surface area contributed by atoms with E-state index >= 15 is 0 Å². The smallest absolute Gasteiger partial charge is 0.249 e. The first kappa shape index (κ1) is 13.1. The third-order valence-corrected chi connectivity index (χ3v) is 5.97. The molecule has 110 valence electrons. The van der Waals surface area contributed by atoms with E-state index in [1.165, 1.54) is 37.7 Å². The number of hydrogen-bond acceptors (Lipinski definition) is 1. The van der Waals surface area contributed by atoms with Gasteiger partial charge >= 0.3 is 0 Å². The molecule has 4 aliphatic carbocycles. The molecular formula is C19H23NO. The fraction of sp³-hybridized carbons (Fsp3) is 0.526. The van der Waals surface area contributed by atoms with Crippen molar-refractivity contribution in [2.24, 2.45) is 29.4 Å². The van der Waals surface area contributed by atoms with Gasteiger partial charge in [-0.15, -0.1) is 0 Å². The number of amides is 1. The van der Waals surface area contributed by atoms with E-state index in [1.807, 2.05) is 12.1 Å². The van der Waals surface area contributed by atoms with Crippen LogP contribution in [0.5, 0.6) is 0 Å². The molecule has 0 aromatic heterocycles. The number of aryl methyl sites for hydroxylation is 1. The largest absolute Gasteiger partial charge is 0.366 e. The lowest BCUT2D eigenvalue weighted by Crippen LogP contribution is -2.41. The van der Waals surface area contributed by atoms with Crippen molar-refractivity contribution >= 4 is 11.5 Å². The molecule has 0 saturated heterocycles. The Bertz CT molecular complexity index is 598. The second-order valence-corrected chi connectivity index (χ2v) is 7.31. The summed E-state index contributed by atoms with van der Waals surface area (Å²) in [5.74, 6) is 2.81. The number of benzene rings is 1. The number of nitrogens with two attached hydrogens (primary N) is 1. The molecule has 1 amide bonds. The van der Waals surface area contributed by atoms with E-state index in [0.29, 0.717) is 11.8 Å². The summed E-state index contributed by atoms with van der Waals surface area (Å²) in [6.45, 7) is 2.08. The summed E-state index contributed by atoms with van der Waals surface area (Å²) < 4.78 is 0. The average molecular weight is 281 g/mol. The van der Waals surface area contributed by atoms with Gasteiger partial charge in [0.05, 0.1) is 0 Å². The van der Waals surface area contributed by atoms with Crippen molar-refractivity contribution in [1.82, 2.24) is 0 Å². The van der Waals surface area contributed by atoms with Crippen LogP contribution < -0.4 is 5.73 Å². The summed E-state index contributed by atoms with van der Waals surface area (Å²) in [5, 5.41) is 0. The first-order chi connectivity index (χ1) is 10.1.